The van der Waals surface area contributed by atoms with Gasteiger partial charge in [-0.3, -0.25) is 4.57 Å². The minimum atomic E-state index is 0.568. The summed E-state index contributed by atoms with van der Waals surface area (Å²) in [5.41, 5.74) is 10.2. The van der Waals surface area contributed by atoms with Crippen LogP contribution in [0, 0.1) is 6.92 Å². The summed E-state index contributed by atoms with van der Waals surface area (Å²) in [5.74, 6) is 0.568. The second-order valence-electron chi connectivity index (χ2n) is 4.93. The summed E-state index contributed by atoms with van der Waals surface area (Å²) in [6.45, 7) is 5.69. The van der Waals surface area contributed by atoms with E-state index in [-0.39, 0.29) is 0 Å². The van der Waals surface area contributed by atoms with E-state index < -0.39 is 0 Å². The Morgan fingerprint density at radius 1 is 1.20 bits per heavy atom. The normalized spacial score (nSPS) is 11.3. The fourth-order valence-electron chi connectivity index (χ4n) is 2.57. The lowest BCUT2D eigenvalue weighted by Gasteiger charge is -2.08. The van der Waals surface area contributed by atoms with Gasteiger partial charge in [-0.15, -0.1) is 0 Å². The zero-order valence-corrected chi connectivity index (χ0v) is 11.9. The second-order valence-corrected chi connectivity index (χ2v) is 4.93. The summed E-state index contributed by atoms with van der Waals surface area (Å²) in [7, 11) is 0. The lowest BCUT2D eigenvalue weighted by Crippen LogP contribution is -2.10. The van der Waals surface area contributed by atoms with E-state index in [4.69, 9.17) is 5.73 Å². The van der Waals surface area contributed by atoms with Crippen molar-refractivity contribution in [2.24, 2.45) is 0 Å². The summed E-state index contributed by atoms with van der Waals surface area (Å²) in [4.78, 5) is 4.45. The predicted octanol–water partition coefficient (Wildman–Crippen LogP) is 2.39. The molecule has 0 atom stereocenters. The molecule has 2 heterocycles. The molecule has 0 aliphatic carbocycles. The van der Waals surface area contributed by atoms with Crippen LogP contribution in [0.15, 0.2) is 30.3 Å². The second kappa shape index (κ2) is 5.00. The number of anilines is 1. The third kappa shape index (κ3) is 2.05. The highest BCUT2D eigenvalue weighted by molar-refractivity contribution is 5.77. The van der Waals surface area contributed by atoms with Gasteiger partial charge in [0.05, 0.1) is 5.69 Å². The third-order valence-corrected chi connectivity index (χ3v) is 3.59. The van der Waals surface area contributed by atoms with Crippen LogP contribution in [0.25, 0.3) is 11.2 Å². The van der Waals surface area contributed by atoms with Crippen molar-refractivity contribution in [3.63, 3.8) is 0 Å². The third-order valence-electron chi connectivity index (χ3n) is 3.59. The van der Waals surface area contributed by atoms with E-state index in [1.54, 1.807) is 0 Å². The Labute approximate surface area is 118 Å². The standard InChI is InChI=1S/C15H19N5/c1-3-20-14-13(11(2)18-20)17-15(16)19(14)10-9-12-7-5-4-6-8-12/h4-8H,3,9-10H2,1-2H3,(H2,16,17). The first kappa shape index (κ1) is 12.7. The zero-order chi connectivity index (χ0) is 14.1. The Balaban J connectivity index is 1.96. The molecule has 0 radical (unpaired) electrons. The lowest BCUT2D eigenvalue weighted by atomic mass is 10.1. The predicted molar refractivity (Wildman–Crippen MR) is 80.5 cm³/mol. The van der Waals surface area contributed by atoms with Gasteiger partial charge in [-0.1, -0.05) is 30.3 Å². The average Bonchev–Trinajstić information content (AvgIpc) is 2.95. The van der Waals surface area contributed by atoms with Crippen LogP contribution in [-0.2, 0) is 19.5 Å². The molecule has 0 spiro atoms. The van der Waals surface area contributed by atoms with Gasteiger partial charge in [-0.05, 0) is 25.8 Å². The number of nitrogens with two attached hydrogens (primary N) is 1. The van der Waals surface area contributed by atoms with Crippen LogP contribution in [0.1, 0.15) is 18.2 Å². The van der Waals surface area contributed by atoms with Gasteiger partial charge >= 0.3 is 0 Å². The minimum Gasteiger partial charge on any atom is -0.369 e. The number of aromatic nitrogens is 4. The summed E-state index contributed by atoms with van der Waals surface area (Å²) >= 11 is 0. The molecule has 3 aromatic rings. The smallest absolute Gasteiger partial charge is 0.202 e. The van der Waals surface area contributed by atoms with Crippen LogP contribution in [0.2, 0.25) is 0 Å². The van der Waals surface area contributed by atoms with Crippen LogP contribution >= 0.6 is 0 Å². The van der Waals surface area contributed by atoms with E-state index in [9.17, 15) is 0 Å². The van der Waals surface area contributed by atoms with Gasteiger partial charge in [0.1, 0.15) is 5.52 Å². The van der Waals surface area contributed by atoms with Crippen molar-refractivity contribution in [3.05, 3.63) is 41.6 Å². The van der Waals surface area contributed by atoms with E-state index in [1.165, 1.54) is 5.56 Å². The molecule has 20 heavy (non-hydrogen) atoms. The molecule has 0 aliphatic rings. The van der Waals surface area contributed by atoms with Crippen molar-refractivity contribution in [1.29, 1.82) is 0 Å². The Morgan fingerprint density at radius 2 is 1.95 bits per heavy atom. The van der Waals surface area contributed by atoms with Crippen LogP contribution in [0.5, 0.6) is 0 Å². The first-order valence-electron chi connectivity index (χ1n) is 6.93. The average molecular weight is 269 g/mol. The molecular weight excluding hydrogens is 250 g/mol. The molecule has 0 saturated carbocycles. The number of hydrogen-bond acceptors (Lipinski definition) is 3. The Morgan fingerprint density at radius 3 is 2.65 bits per heavy atom. The molecule has 3 rings (SSSR count). The van der Waals surface area contributed by atoms with Gasteiger partial charge in [0.15, 0.2) is 5.65 Å². The first-order chi connectivity index (χ1) is 9.70. The highest BCUT2D eigenvalue weighted by atomic mass is 15.4. The molecule has 0 unspecified atom stereocenters. The molecule has 104 valence electrons. The van der Waals surface area contributed by atoms with E-state index >= 15 is 0 Å². The maximum absolute atomic E-state index is 6.07. The van der Waals surface area contributed by atoms with Crippen molar-refractivity contribution < 1.29 is 0 Å². The van der Waals surface area contributed by atoms with E-state index in [0.29, 0.717) is 5.95 Å². The molecule has 0 saturated heterocycles. The van der Waals surface area contributed by atoms with E-state index in [2.05, 4.69) is 45.8 Å². The maximum Gasteiger partial charge on any atom is 0.202 e. The van der Waals surface area contributed by atoms with E-state index in [1.807, 2.05) is 17.7 Å². The number of nitrogen functional groups attached to an aromatic ring is 1. The monoisotopic (exact) mass is 269 g/mol. The molecule has 1 aromatic carbocycles. The van der Waals surface area contributed by atoms with Crippen LogP contribution in [0.3, 0.4) is 0 Å². The number of nitrogens with zero attached hydrogens (tertiary/aromatic N) is 4. The first-order valence-corrected chi connectivity index (χ1v) is 6.93. The Kier molecular flexibility index (Phi) is 3.18. The molecule has 5 heteroatoms. The number of hydrogen-bond donors (Lipinski definition) is 1. The van der Waals surface area contributed by atoms with Gasteiger partial charge in [0.25, 0.3) is 0 Å². The molecule has 0 amide bonds. The van der Waals surface area contributed by atoms with Crippen LogP contribution in [0.4, 0.5) is 5.95 Å². The van der Waals surface area contributed by atoms with Crippen molar-refractivity contribution in [2.75, 3.05) is 5.73 Å². The van der Waals surface area contributed by atoms with Gasteiger partial charge < -0.3 is 5.73 Å². The number of rotatable bonds is 4. The Bertz CT molecular complexity index is 724. The summed E-state index contributed by atoms with van der Waals surface area (Å²) < 4.78 is 4.03. The number of fused-ring (bicyclic) bond motifs is 1. The number of aryl methyl sites for hydroxylation is 4. The van der Waals surface area contributed by atoms with Crippen LogP contribution < -0.4 is 5.73 Å². The van der Waals surface area contributed by atoms with Crippen molar-refractivity contribution >= 4 is 17.1 Å². The molecule has 0 bridgehead atoms. The number of imidazole rings is 1. The van der Waals surface area contributed by atoms with Crippen molar-refractivity contribution in [3.8, 4) is 0 Å². The summed E-state index contributed by atoms with van der Waals surface area (Å²) in [6.07, 6.45) is 0.935. The number of benzene rings is 1. The van der Waals surface area contributed by atoms with Crippen molar-refractivity contribution in [1.82, 2.24) is 19.3 Å². The molecule has 0 aliphatic heterocycles. The quantitative estimate of drug-likeness (QED) is 0.791. The Hall–Kier alpha value is -2.30. The lowest BCUT2D eigenvalue weighted by molar-refractivity contribution is 0.631. The largest absolute Gasteiger partial charge is 0.369 e. The highest BCUT2D eigenvalue weighted by Crippen LogP contribution is 2.21. The van der Waals surface area contributed by atoms with Gasteiger partial charge in [-0.25, -0.2) is 9.67 Å². The van der Waals surface area contributed by atoms with Gasteiger partial charge in [-0.2, -0.15) is 5.10 Å². The van der Waals surface area contributed by atoms with Crippen molar-refractivity contribution in [2.45, 2.75) is 33.4 Å². The molecule has 0 fully saturated rings. The maximum atomic E-state index is 6.07. The molecule has 2 N–H and O–H groups in total. The van der Waals surface area contributed by atoms with E-state index in [0.717, 1.165) is 36.4 Å². The molecule has 2 aromatic heterocycles. The summed E-state index contributed by atoms with van der Waals surface area (Å²) in [6, 6.07) is 10.4. The fraction of sp³-hybridized carbons (Fsp3) is 0.333. The topological polar surface area (TPSA) is 61.7 Å². The van der Waals surface area contributed by atoms with Crippen LogP contribution in [-0.4, -0.2) is 19.3 Å². The summed E-state index contributed by atoms with van der Waals surface area (Å²) in [5, 5.41) is 4.50. The fourth-order valence-corrected chi connectivity index (χ4v) is 2.57. The molecule has 5 nitrogen and oxygen atoms in total. The SMILES string of the molecule is CCn1nc(C)c2nc(N)n(CCc3ccccc3)c21. The molecular formula is C15H19N5. The minimum absolute atomic E-state index is 0.568. The highest BCUT2D eigenvalue weighted by Gasteiger charge is 2.16. The zero-order valence-electron chi connectivity index (χ0n) is 11.9. The van der Waals surface area contributed by atoms with Gasteiger partial charge in [0, 0.05) is 13.1 Å². The van der Waals surface area contributed by atoms with Gasteiger partial charge in [0.2, 0.25) is 5.95 Å².